The summed E-state index contributed by atoms with van der Waals surface area (Å²) in [5.74, 6) is 1.98. The van der Waals surface area contributed by atoms with E-state index in [1.54, 1.807) is 0 Å². The number of hydrogen-bond donors (Lipinski definition) is 1. The van der Waals surface area contributed by atoms with Gasteiger partial charge >= 0.3 is 0 Å². The lowest BCUT2D eigenvalue weighted by Crippen LogP contribution is -2.41. The Morgan fingerprint density at radius 3 is 2.90 bits per heavy atom. The van der Waals surface area contributed by atoms with Crippen molar-refractivity contribution >= 4 is 17.7 Å². The van der Waals surface area contributed by atoms with Crippen LogP contribution in [0.2, 0.25) is 0 Å². The summed E-state index contributed by atoms with van der Waals surface area (Å²) >= 11 is 2.03. The first-order valence-corrected chi connectivity index (χ1v) is 8.33. The molecule has 1 aromatic heterocycles. The van der Waals surface area contributed by atoms with Crippen LogP contribution in [0.3, 0.4) is 0 Å². The maximum Gasteiger partial charge on any atom is 0.269 e. The van der Waals surface area contributed by atoms with Crippen LogP contribution in [-0.4, -0.2) is 44.7 Å². The lowest BCUT2D eigenvalue weighted by Gasteiger charge is -2.33. The molecule has 1 atom stereocenters. The van der Waals surface area contributed by atoms with Crippen molar-refractivity contribution < 1.29 is 4.79 Å². The third-order valence-corrected chi connectivity index (χ3v) is 5.73. The van der Waals surface area contributed by atoms with Crippen molar-refractivity contribution in [3.05, 3.63) is 17.5 Å². The second-order valence-corrected chi connectivity index (χ2v) is 7.45. The third-order valence-electron chi connectivity index (χ3n) is 4.42. The van der Waals surface area contributed by atoms with E-state index in [0.29, 0.717) is 17.2 Å². The number of carbonyl (C=O) groups excluding carboxylic acids is 1. The zero-order chi connectivity index (χ0) is 14.3. The van der Waals surface area contributed by atoms with Crippen molar-refractivity contribution in [1.82, 2.24) is 14.7 Å². The minimum absolute atomic E-state index is 0.293. The fourth-order valence-electron chi connectivity index (χ4n) is 3.17. The summed E-state index contributed by atoms with van der Waals surface area (Å²) in [5.41, 5.74) is 7.17. The van der Waals surface area contributed by atoms with Gasteiger partial charge in [0.05, 0.1) is 5.69 Å². The molecule has 0 radical (unpaired) electrons. The Balaban J connectivity index is 1.98. The second-order valence-electron chi connectivity index (χ2n) is 6.34. The maximum atomic E-state index is 11.4. The van der Waals surface area contributed by atoms with Gasteiger partial charge in [-0.15, -0.1) is 0 Å². The molecule has 5 nitrogen and oxygen atoms in total. The second kappa shape index (κ2) is 5.07. The molecule has 1 unspecified atom stereocenters. The lowest BCUT2D eigenvalue weighted by molar-refractivity contribution is 0.0992. The molecule has 0 saturated carbocycles. The van der Waals surface area contributed by atoms with Gasteiger partial charge in [-0.05, 0) is 32.1 Å². The van der Waals surface area contributed by atoms with Gasteiger partial charge in [-0.3, -0.25) is 14.4 Å². The van der Waals surface area contributed by atoms with Gasteiger partial charge in [0.15, 0.2) is 0 Å². The Morgan fingerprint density at radius 2 is 2.30 bits per heavy atom. The van der Waals surface area contributed by atoms with E-state index in [-0.39, 0.29) is 0 Å². The first-order valence-electron chi connectivity index (χ1n) is 7.17. The number of rotatable bonds is 2. The van der Waals surface area contributed by atoms with Crippen LogP contribution in [0.25, 0.3) is 0 Å². The van der Waals surface area contributed by atoms with Crippen LogP contribution in [0.15, 0.2) is 6.07 Å². The molecular weight excluding hydrogens is 272 g/mol. The van der Waals surface area contributed by atoms with Crippen molar-refractivity contribution in [3.63, 3.8) is 0 Å². The van der Waals surface area contributed by atoms with Gasteiger partial charge in [0.2, 0.25) is 0 Å². The monoisotopic (exact) mass is 294 g/mol. The number of nitrogens with zero attached hydrogens (tertiary/aromatic N) is 3. The summed E-state index contributed by atoms with van der Waals surface area (Å²) in [5, 5.41) is 4.43. The average molecular weight is 294 g/mol. The number of aromatic nitrogens is 2. The Bertz CT molecular complexity index is 519. The van der Waals surface area contributed by atoms with Crippen molar-refractivity contribution in [3.8, 4) is 0 Å². The Morgan fingerprint density at radius 1 is 1.50 bits per heavy atom. The molecule has 1 fully saturated rings. The number of amides is 1. The van der Waals surface area contributed by atoms with Crippen LogP contribution in [0.4, 0.5) is 0 Å². The number of thioether (sulfide) groups is 1. The highest BCUT2D eigenvalue weighted by atomic mass is 32.2. The summed E-state index contributed by atoms with van der Waals surface area (Å²) < 4.78 is 2.02. The number of primary amides is 1. The van der Waals surface area contributed by atoms with E-state index in [4.69, 9.17) is 5.73 Å². The van der Waals surface area contributed by atoms with Gasteiger partial charge < -0.3 is 5.73 Å². The van der Waals surface area contributed by atoms with Crippen LogP contribution < -0.4 is 5.73 Å². The first kappa shape index (κ1) is 13.9. The highest BCUT2D eigenvalue weighted by molar-refractivity contribution is 7.99. The number of fused-ring (bicyclic) bond motifs is 1. The molecule has 0 aliphatic carbocycles. The SMILES string of the molecule is CC(C)N1Cc2cc(C(N)=O)nn2CC2(CCSC2)C1. The standard InChI is InChI=1S/C14H22N4OS/c1-10(2)17-6-11-5-12(13(15)19)16-18(11)8-14(7-17)3-4-20-9-14/h5,10H,3-4,6-9H2,1-2H3,(H2,15,19). The Kier molecular flexibility index (Phi) is 3.54. The number of nitrogens with two attached hydrogens (primary N) is 1. The molecule has 3 rings (SSSR count). The minimum atomic E-state index is -0.434. The molecule has 2 aliphatic heterocycles. The fourth-order valence-corrected chi connectivity index (χ4v) is 4.65. The third kappa shape index (κ3) is 2.46. The molecule has 1 aromatic rings. The topological polar surface area (TPSA) is 64.2 Å². The first-order chi connectivity index (χ1) is 9.49. The van der Waals surface area contributed by atoms with Gasteiger partial charge in [0.25, 0.3) is 5.91 Å². The van der Waals surface area contributed by atoms with E-state index in [9.17, 15) is 4.79 Å². The largest absolute Gasteiger partial charge is 0.364 e. The predicted octanol–water partition coefficient (Wildman–Crippen LogP) is 1.33. The normalized spacial score (nSPS) is 26.9. The summed E-state index contributed by atoms with van der Waals surface area (Å²) in [4.78, 5) is 13.9. The summed E-state index contributed by atoms with van der Waals surface area (Å²) in [6.45, 7) is 7.34. The van der Waals surface area contributed by atoms with Gasteiger partial charge in [0, 0.05) is 36.8 Å². The lowest BCUT2D eigenvalue weighted by atomic mass is 9.87. The molecule has 110 valence electrons. The van der Waals surface area contributed by atoms with Crippen LogP contribution in [0.1, 0.15) is 36.5 Å². The fraction of sp³-hybridized carbons (Fsp3) is 0.714. The highest BCUT2D eigenvalue weighted by Gasteiger charge is 2.40. The molecule has 1 amide bonds. The van der Waals surface area contributed by atoms with Crippen LogP contribution in [0, 0.1) is 5.41 Å². The van der Waals surface area contributed by atoms with Gasteiger partial charge in [-0.25, -0.2) is 0 Å². The van der Waals surface area contributed by atoms with Gasteiger partial charge in [-0.2, -0.15) is 16.9 Å². The van der Waals surface area contributed by atoms with Crippen molar-refractivity contribution in [1.29, 1.82) is 0 Å². The molecule has 1 spiro atoms. The molecule has 2 aliphatic rings. The Labute approximate surface area is 123 Å². The smallest absolute Gasteiger partial charge is 0.269 e. The zero-order valence-corrected chi connectivity index (χ0v) is 12.9. The summed E-state index contributed by atoms with van der Waals surface area (Å²) in [7, 11) is 0. The number of carbonyl (C=O) groups is 1. The van der Waals surface area contributed by atoms with Crippen LogP contribution in [0.5, 0.6) is 0 Å². The molecule has 0 aromatic carbocycles. The number of hydrogen-bond acceptors (Lipinski definition) is 4. The highest BCUT2D eigenvalue weighted by Crippen LogP contribution is 2.40. The van der Waals surface area contributed by atoms with E-state index in [0.717, 1.165) is 25.3 Å². The Hall–Kier alpha value is -1.01. The summed E-state index contributed by atoms with van der Waals surface area (Å²) in [6, 6.07) is 2.36. The van der Waals surface area contributed by atoms with E-state index in [1.165, 1.54) is 17.9 Å². The predicted molar refractivity (Wildman–Crippen MR) is 80.7 cm³/mol. The van der Waals surface area contributed by atoms with E-state index in [1.807, 2.05) is 22.5 Å². The maximum absolute atomic E-state index is 11.4. The molecule has 3 heterocycles. The molecule has 6 heteroatoms. The van der Waals surface area contributed by atoms with Crippen molar-refractivity contribution in [2.24, 2.45) is 11.1 Å². The molecule has 20 heavy (non-hydrogen) atoms. The van der Waals surface area contributed by atoms with Crippen LogP contribution in [-0.2, 0) is 13.1 Å². The quantitative estimate of drug-likeness (QED) is 0.894. The van der Waals surface area contributed by atoms with E-state index in [2.05, 4.69) is 23.8 Å². The molecular formula is C14H22N4OS. The molecule has 1 saturated heterocycles. The van der Waals surface area contributed by atoms with E-state index >= 15 is 0 Å². The van der Waals surface area contributed by atoms with Gasteiger partial charge in [-0.1, -0.05) is 0 Å². The average Bonchev–Trinajstić information content (AvgIpc) is 2.94. The zero-order valence-electron chi connectivity index (χ0n) is 12.1. The van der Waals surface area contributed by atoms with E-state index < -0.39 is 5.91 Å². The van der Waals surface area contributed by atoms with Crippen LogP contribution >= 0.6 is 11.8 Å². The van der Waals surface area contributed by atoms with Gasteiger partial charge in [0.1, 0.15) is 5.69 Å². The van der Waals surface area contributed by atoms with Crippen molar-refractivity contribution in [2.45, 2.75) is 39.4 Å². The van der Waals surface area contributed by atoms with Crippen molar-refractivity contribution in [2.75, 3.05) is 18.1 Å². The molecule has 0 bridgehead atoms. The summed E-state index contributed by atoms with van der Waals surface area (Å²) in [6.07, 6.45) is 1.23. The molecule has 2 N–H and O–H groups in total. The minimum Gasteiger partial charge on any atom is -0.364 e.